The molecule has 3 nitrogen and oxygen atoms in total. The molecule has 18 heavy (non-hydrogen) atoms. The van der Waals surface area contributed by atoms with E-state index in [0.29, 0.717) is 4.90 Å². The van der Waals surface area contributed by atoms with Crippen molar-refractivity contribution in [2.24, 2.45) is 0 Å². The highest BCUT2D eigenvalue weighted by Gasteiger charge is 2.51. The van der Waals surface area contributed by atoms with E-state index in [9.17, 15) is 22.4 Å². The van der Waals surface area contributed by atoms with Gasteiger partial charge in [-0.2, -0.15) is 8.78 Å². The third-order valence-corrected chi connectivity index (χ3v) is 2.30. The minimum atomic E-state index is -4.71. The summed E-state index contributed by atoms with van der Waals surface area (Å²) in [6.07, 6.45) is -4.04. The number of rotatable bonds is 4. The van der Waals surface area contributed by atoms with Crippen molar-refractivity contribution in [3.63, 3.8) is 0 Å². The Morgan fingerprint density at radius 3 is 2.50 bits per heavy atom. The van der Waals surface area contributed by atoms with Crippen molar-refractivity contribution in [2.75, 3.05) is 17.2 Å². The van der Waals surface area contributed by atoms with Crippen LogP contribution < -0.4 is 10.6 Å². The molecule has 7 heteroatoms. The van der Waals surface area contributed by atoms with Crippen LogP contribution in [0.5, 0.6) is 0 Å². The van der Waals surface area contributed by atoms with E-state index in [-0.39, 0.29) is 17.9 Å². The molecule has 1 rings (SSSR count). The van der Waals surface area contributed by atoms with Crippen LogP contribution in [0.3, 0.4) is 0 Å². The summed E-state index contributed by atoms with van der Waals surface area (Å²) >= 11 is 0. The first kappa shape index (κ1) is 14.3. The Labute approximate surface area is 101 Å². The molecule has 0 unspecified atom stereocenters. The van der Waals surface area contributed by atoms with E-state index < -0.39 is 18.3 Å². The first-order valence-corrected chi connectivity index (χ1v) is 5.14. The van der Waals surface area contributed by atoms with E-state index in [1.165, 1.54) is 31.2 Å². The summed E-state index contributed by atoms with van der Waals surface area (Å²) in [6, 6.07) is 5.55. The van der Waals surface area contributed by atoms with Gasteiger partial charge in [0.25, 0.3) is 0 Å². The summed E-state index contributed by atoms with van der Waals surface area (Å²) in [5.74, 6) is -6.65. The van der Waals surface area contributed by atoms with Crippen LogP contribution >= 0.6 is 0 Å². The smallest absolute Gasteiger partial charge is 0.384 e. The summed E-state index contributed by atoms with van der Waals surface area (Å²) in [6.45, 7) is 1.24. The lowest BCUT2D eigenvalue weighted by atomic mass is 10.2. The molecule has 0 aliphatic rings. The van der Waals surface area contributed by atoms with Gasteiger partial charge in [0, 0.05) is 17.9 Å². The monoisotopic (exact) mass is 264 g/mol. The average Bonchev–Trinajstić information content (AvgIpc) is 2.29. The van der Waals surface area contributed by atoms with Gasteiger partial charge in [-0.15, -0.1) is 0 Å². The predicted octanol–water partition coefficient (Wildman–Crippen LogP) is 2.52. The molecule has 1 aromatic carbocycles. The van der Waals surface area contributed by atoms with E-state index in [1.807, 2.05) is 0 Å². The van der Waals surface area contributed by atoms with Crippen molar-refractivity contribution in [1.82, 2.24) is 0 Å². The molecule has 100 valence electrons. The Morgan fingerprint density at radius 2 is 2.06 bits per heavy atom. The number of alkyl halides is 4. The SMILES string of the molecule is CCN(C(=O)C(F)(F)C(F)F)c1cccc(N)c1. The Hall–Kier alpha value is -1.79. The van der Waals surface area contributed by atoms with Crippen LogP contribution in [0.2, 0.25) is 0 Å². The molecule has 0 saturated heterocycles. The highest BCUT2D eigenvalue weighted by atomic mass is 19.3. The molecule has 0 saturated carbocycles. The molecule has 2 N–H and O–H groups in total. The molecule has 1 aromatic rings. The zero-order valence-corrected chi connectivity index (χ0v) is 9.54. The Morgan fingerprint density at radius 1 is 1.44 bits per heavy atom. The molecule has 0 aliphatic carbocycles. The van der Waals surface area contributed by atoms with Gasteiger partial charge in [-0.05, 0) is 25.1 Å². The third kappa shape index (κ3) is 2.72. The van der Waals surface area contributed by atoms with Crippen molar-refractivity contribution in [3.8, 4) is 0 Å². The fraction of sp³-hybridized carbons (Fsp3) is 0.364. The fourth-order valence-corrected chi connectivity index (χ4v) is 1.41. The highest BCUT2D eigenvalue weighted by Crippen LogP contribution is 2.28. The lowest BCUT2D eigenvalue weighted by Crippen LogP contribution is -2.48. The van der Waals surface area contributed by atoms with Crippen molar-refractivity contribution in [3.05, 3.63) is 24.3 Å². The van der Waals surface area contributed by atoms with Gasteiger partial charge in [-0.1, -0.05) is 6.07 Å². The number of hydrogen-bond acceptors (Lipinski definition) is 2. The normalized spacial score (nSPS) is 11.7. The van der Waals surface area contributed by atoms with Gasteiger partial charge >= 0.3 is 18.3 Å². The van der Waals surface area contributed by atoms with Crippen LogP contribution in [0.15, 0.2) is 24.3 Å². The average molecular weight is 264 g/mol. The molecule has 0 radical (unpaired) electrons. The molecule has 0 aromatic heterocycles. The first-order valence-electron chi connectivity index (χ1n) is 5.14. The number of carbonyl (C=O) groups is 1. The van der Waals surface area contributed by atoms with Gasteiger partial charge in [-0.3, -0.25) is 4.79 Å². The number of halogens is 4. The van der Waals surface area contributed by atoms with Gasteiger partial charge in [0.05, 0.1) is 0 Å². The second kappa shape index (κ2) is 5.24. The van der Waals surface area contributed by atoms with Crippen LogP contribution in [0, 0.1) is 0 Å². The van der Waals surface area contributed by atoms with Crippen molar-refractivity contribution in [1.29, 1.82) is 0 Å². The third-order valence-electron chi connectivity index (χ3n) is 2.30. The highest BCUT2D eigenvalue weighted by molar-refractivity contribution is 5.98. The van der Waals surface area contributed by atoms with Crippen LogP contribution in [0.25, 0.3) is 0 Å². The molecule has 0 spiro atoms. The molecule has 0 atom stereocenters. The Kier molecular flexibility index (Phi) is 4.15. The second-order valence-electron chi connectivity index (χ2n) is 3.57. The van der Waals surface area contributed by atoms with E-state index in [2.05, 4.69) is 0 Å². The summed E-state index contributed by atoms with van der Waals surface area (Å²) < 4.78 is 50.2. The summed E-state index contributed by atoms with van der Waals surface area (Å²) in [4.78, 5) is 12.0. The number of anilines is 2. The molecular formula is C11H12F4N2O. The minimum Gasteiger partial charge on any atom is -0.399 e. The fourth-order valence-electron chi connectivity index (χ4n) is 1.41. The maximum absolute atomic E-state index is 13.0. The quantitative estimate of drug-likeness (QED) is 0.671. The van der Waals surface area contributed by atoms with Crippen LogP contribution in [-0.4, -0.2) is 24.8 Å². The van der Waals surface area contributed by atoms with Gasteiger partial charge < -0.3 is 10.6 Å². The van der Waals surface area contributed by atoms with Crippen LogP contribution in [-0.2, 0) is 4.79 Å². The number of hydrogen-bond donors (Lipinski definition) is 1. The maximum Gasteiger partial charge on any atom is 0.384 e. The van der Waals surface area contributed by atoms with Crippen LogP contribution in [0.1, 0.15) is 6.92 Å². The number of nitrogens with zero attached hydrogens (tertiary/aromatic N) is 1. The van der Waals surface area contributed by atoms with Gasteiger partial charge in [-0.25, -0.2) is 8.78 Å². The van der Waals surface area contributed by atoms with Crippen molar-refractivity contribution >= 4 is 17.3 Å². The molecular weight excluding hydrogens is 252 g/mol. The zero-order valence-electron chi connectivity index (χ0n) is 9.54. The van der Waals surface area contributed by atoms with Gasteiger partial charge in [0.2, 0.25) is 0 Å². The number of nitrogens with two attached hydrogens (primary N) is 1. The standard InChI is InChI=1S/C11H12F4N2O/c1-2-17(8-5-3-4-7(16)6-8)10(18)11(14,15)9(12)13/h3-6,9H,2,16H2,1H3. The largest absolute Gasteiger partial charge is 0.399 e. The number of amides is 1. The van der Waals surface area contributed by atoms with Gasteiger partial charge in [0.1, 0.15) is 0 Å². The van der Waals surface area contributed by atoms with E-state index >= 15 is 0 Å². The lowest BCUT2D eigenvalue weighted by molar-refractivity contribution is -0.166. The summed E-state index contributed by atoms with van der Waals surface area (Å²) in [5.41, 5.74) is 5.75. The van der Waals surface area contributed by atoms with Crippen molar-refractivity contribution < 1.29 is 22.4 Å². The summed E-state index contributed by atoms with van der Waals surface area (Å²) in [7, 11) is 0. The minimum absolute atomic E-state index is 0.0582. The molecule has 0 bridgehead atoms. The zero-order chi connectivity index (χ0) is 13.9. The Balaban J connectivity index is 3.08. The number of nitrogen functional groups attached to an aromatic ring is 1. The summed E-state index contributed by atoms with van der Waals surface area (Å²) in [5, 5.41) is 0. The maximum atomic E-state index is 13.0. The number of benzene rings is 1. The first-order chi connectivity index (χ1) is 8.30. The lowest BCUT2D eigenvalue weighted by Gasteiger charge is -2.25. The molecule has 0 fully saturated rings. The van der Waals surface area contributed by atoms with Crippen LogP contribution in [0.4, 0.5) is 28.9 Å². The molecule has 0 aliphatic heterocycles. The molecule has 1 amide bonds. The topological polar surface area (TPSA) is 46.3 Å². The van der Waals surface area contributed by atoms with E-state index in [4.69, 9.17) is 5.73 Å². The molecule has 0 heterocycles. The Bertz CT molecular complexity index is 437. The predicted molar refractivity (Wildman–Crippen MR) is 59.8 cm³/mol. The van der Waals surface area contributed by atoms with E-state index in [1.54, 1.807) is 0 Å². The van der Waals surface area contributed by atoms with Gasteiger partial charge in [0.15, 0.2) is 0 Å². The second-order valence-corrected chi connectivity index (χ2v) is 3.57. The van der Waals surface area contributed by atoms with E-state index in [0.717, 1.165) is 0 Å². The van der Waals surface area contributed by atoms with Crippen molar-refractivity contribution in [2.45, 2.75) is 19.3 Å². The number of carbonyl (C=O) groups excluding carboxylic acids is 1.